The summed E-state index contributed by atoms with van der Waals surface area (Å²) in [5.41, 5.74) is 26.9. The van der Waals surface area contributed by atoms with Gasteiger partial charge >= 0.3 is 0 Å². The monoisotopic (exact) mass is 1610 g/mol. The molecule has 26 rings (SSSR count). The Morgan fingerprint density at radius 1 is 0.167 bits per heavy atom. The van der Waals surface area contributed by atoms with Gasteiger partial charge in [-0.1, -0.05) is 334 Å². The molecule has 0 aliphatic carbocycles. The molecule has 0 saturated heterocycles. The molecule has 8 aromatic heterocycles. The number of para-hydroxylation sites is 7. The predicted molar refractivity (Wildman–Crippen MR) is 515 cm³/mol. The summed E-state index contributed by atoms with van der Waals surface area (Å²) >= 11 is 0. The van der Waals surface area contributed by atoms with E-state index in [1.54, 1.807) is 0 Å². The van der Waals surface area contributed by atoms with Crippen LogP contribution >= 0.6 is 0 Å². The van der Waals surface area contributed by atoms with E-state index in [-0.39, 0.29) is 0 Å². The normalized spacial score (nSPS) is 11.8. The fourth-order valence-electron chi connectivity index (χ4n) is 19.0. The summed E-state index contributed by atoms with van der Waals surface area (Å²) in [6.45, 7) is 0. The fraction of sp³-hybridized carbons (Fsp3) is 0. The lowest BCUT2D eigenvalue weighted by Crippen LogP contribution is -2.07. The second kappa shape index (κ2) is 29.3. The Labute approximate surface area is 721 Å². The third kappa shape index (κ3) is 11.8. The lowest BCUT2D eigenvalue weighted by atomic mass is 9.98. The molecule has 0 amide bonds. The second-order valence-electron chi connectivity index (χ2n) is 32.0. The van der Waals surface area contributed by atoms with Gasteiger partial charge in [-0.2, -0.15) is 9.97 Å². The smallest absolute Gasteiger partial charge is 0.238 e. The van der Waals surface area contributed by atoms with Gasteiger partial charge in [0.2, 0.25) is 5.95 Å². The Kier molecular flexibility index (Phi) is 16.7. The van der Waals surface area contributed by atoms with Crippen molar-refractivity contribution in [3.05, 3.63) is 425 Å². The molecule has 12 heteroatoms. The molecule has 0 aliphatic rings. The van der Waals surface area contributed by atoms with Gasteiger partial charge in [-0.15, -0.1) is 0 Å². The van der Waals surface area contributed by atoms with E-state index in [9.17, 15) is 0 Å². The Morgan fingerprint density at radius 3 is 1.00 bits per heavy atom. The number of hydrogen-bond acceptors (Lipinski definition) is 8. The summed E-state index contributed by atoms with van der Waals surface area (Å²) < 4.78 is 22.0. The maximum Gasteiger partial charge on any atom is 0.238 e. The average Bonchev–Trinajstić information content (AvgIpc) is 1.55. The number of rotatable bonds is 12. The van der Waals surface area contributed by atoms with Crippen molar-refractivity contribution in [2.75, 3.05) is 0 Å². The fourth-order valence-corrected chi connectivity index (χ4v) is 19.0. The number of furan rings is 2. The highest BCUT2D eigenvalue weighted by molar-refractivity contribution is 6.26. The lowest BCUT2D eigenvalue weighted by Gasteiger charge is -2.14. The molecule has 0 unspecified atom stereocenters. The van der Waals surface area contributed by atoms with Gasteiger partial charge in [-0.3, -0.25) is 4.57 Å². The van der Waals surface area contributed by atoms with Gasteiger partial charge in [0.15, 0.2) is 29.1 Å². The van der Waals surface area contributed by atoms with Crippen LogP contribution in [0.3, 0.4) is 0 Å². The zero-order valence-electron chi connectivity index (χ0n) is 67.7. The molecule has 0 fully saturated rings. The molecule has 0 spiro atoms. The van der Waals surface area contributed by atoms with Crippen molar-refractivity contribution in [2.45, 2.75) is 0 Å². The molecular weight excluding hydrogens is 1540 g/mol. The van der Waals surface area contributed by atoms with Crippen LogP contribution in [0.2, 0.25) is 0 Å². The maximum absolute atomic E-state index is 6.35. The van der Waals surface area contributed by atoms with Crippen LogP contribution in [-0.2, 0) is 0 Å². The number of hydrogen-bond donors (Lipinski definition) is 0. The van der Waals surface area contributed by atoms with E-state index < -0.39 is 0 Å². The lowest BCUT2D eigenvalue weighted by molar-refractivity contribution is 0.668. The van der Waals surface area contributed by atoms with Crippen molar-refractivity contribution < 1.29 is 8.83 Å². The number of nitrogens with zero attached hydrogens (tertiary/aromatic N) is 10. The molecule has 0 aliphatic heterocycles. The molecule has 588 valence electrons. The first-order valence-corrected chi connectivity index (χ1v) is 42.4. The zero-order chi connectivity index (χ0) is 82.9. The minimum Gasteiger partial charge on any atom is -0.456 e. The largest absolute Gasteiger partial charge is 0.456 e. The molecule has 26 aromatic rings. The topological polar surface area (TPSA) is 123 Å². The minimum atomic E-state index is 0.536. The third-order valence-corrected chi connectivity index (χ3v) is 24.8. The highest BCUT2D eigenvalue weighted by Crippen LogP contribution is 2.47. The van der Waals surface area contributed by atoms with Crippen LogP contribution < -0.4 is 0 Å². The zero-order valence-corrected chi connectivity index (χ0v) is 67.7. The molecule has 0 atom stereocenters. The van der Waals surface area contributed by atoms with Crippen LogP contribution in [-0.4, -0.2) is 48.2 Å². The highest BCUT2D eigenvalue weighted by atomic mass is 16.3. The number of aromatic nitrogens is 10. The van der Waals surface area contributed by atoms with Gasteiger partial charge in [-0.05, 0) is 124 Å². The Hall–Kier alpha value is -17.2. The molecular formula is C114H70N10O2. The van der Waals surface area contributed by atoms with Crippen LogP contribution in [0.25, 0.3) is 244 Å². The quantitative estimate of drug-likeness (QED) is 0.118. The molecule has 0 N–H and O–H groups in total. The predicted octanol–water partition coefficient (Wildman–Crippen LogP) is 29.3. The summed E-state index contributed by atoms with van der Waals surface area (Å²) in [6, 6.07) is 149. The summed E-state index contributed by atoms with van der Waals surface area (Å²) in [5, 5.41) is 13.7. The maximum atomic E-state index is 6.35. The van der Waals surface area contributed by atoms with Gasteiger partial charge in [0.05, 0.1) is 44.1 Å². The van der Waals surface area contributed by atoms with Crippen molar-refractivity contribution in [1.29, 1.82) is 0 Å². The average molecular weight is 1610 g/mol. The van der Waals surface area contributed by atoms with E-state index in [0.29, 0.717) is 35.1 Å². The summed E-state index contributed by atoms with van der Waals surface area (Å²) in [5.74, 6) is 3.51. The highest BCUT2D eigenvalue weighted by Gasteiger charge is 2.27. The third-order valence-electron chi connectivity index (χ3n) is 24.8. The molecule has 8 heterocycles. The molecule has 0 bridgehead atoms. The van der Waals surface area contributed by atoms with Crippen LogP contribution in [0.5, 0.6) is 0 Å². The van der Waals surface area contributed by atoms with E-state index in [4.69, 9.17) is 38.7 Å². The van der Waals surface area contributed by atoms with E-state index in [2.05, 4.69) is 352 Å². The van der Waals surface area contributed by atoms with Gasteiger partial charge in [0, 0.05) is 110 Å². The van der Waals surface area contributed by atoms with Crippen LogP contribution in [0.15, 0.2) is 433 Å². The van der Waals surface area contributed by atoms with E-state index in [0.717, 1.165) is 160 Å². The first-order chi connectivity index (χ1) is 62.5. The van der Waals surface area contributed by atoms with Crippen LogP contribution in [0.1, 0.15) is 0 Å². The first-order valence-electron chi connectivity index (χ1n) is 42.4. The van der Waals surface area contributed by atoms with Crippen molar-refractivity contribution in [3.8, 4) is 113 Å². The van der Waals surface area contributed by atoms with Crippen LogP contribution in [0.4, 0.5) is 0 Å². The Morgan fingerprint density at radius 2 is 0.468 bits per heavy atom. The molecule has 0 saturated carbocycles. The van der Waals surface area contributed by atoms with Gasteiger partial charge in [0.1, 0.15) is 22.3 Å². The summed E-state index contributed by atoms with van der Waals surface area (Å²) in [4.78, 5) is 31.3. The minimum absolute atomic E-state index is 0.536. The molecule has 126 heavy (non-hydrogen) atoms. The molecule has 12 nitrogen and oxygen atoms in total. The van der Waals surface area contributed by atoms with Crippen molar-refractivity contribution in [2.24, 2.45) is 0 Å². The first kappa shape index (κ1) is 71.7. The van der Waals surface area contributed by atoms with E-state index >= 15 is 0 Å². The molecule has 0 radical (unpaired) electrons. The second-order valence-corrected chi connectivity index (χ2v) is 32.0. The van der Waals surface area contributed by atoms with Crippen molar-refractivity contribution in [1.82, 2.24) is 48.2 Å². The summed E-state index contributed by atoms with van der Waals surface area (Å²) in [7, 11) is 0. The Balaban J connectivity index is 0.000000137. The summed E-state index contributed by atoms with van der Waals surface area (Å²) in [6.07, 6.45) is 0. The van der Waals surface area contributed by atoms with Gasteiger partial charge in [-0.25, -0.2) is 19.9 Å². The van der Waals surface area contributed by atoms with Gasteiger partial charge in [0.25, 0.3) is 0 Å². The Bertz CT molecular complexity index is 8810. The standard InChI is InChI=1S/2C57H35N5O/c1-3-15-37(16-4-1)55-58-56(38-31-29-36(30-32-38)42-24-14-28-51-52(42)47-23-9-12-27-50(47)63-51)60-57(59-55)39-17-13-20-41(35-39)62-49-26-11-8-22-44(49)46-34-33-45-43-21-7-10-25-48(43)61(53(45)54(46)62)40-18-5-2-6-19-40;1-3-13-36(14-4-1)37-23-25-38(26-24-37)39-27-30-42(31-28-39)61-49-20-10-7-17-43(49)47-33-34-48-44-18-8-11-21-50(44)62(54(48)53(47)61)57-59-55(40-15-5-2-6-16-40)58-56(60-57)41-29-32-46-45-19-9-12-22-51(45)63-52(46)35-41/h2*1-35H. The number of fused-ring (bicyclic) bond motifs is 20. The SMILES string of the molecule is c1ccc(-c2ccc(-c3ccc(-n4c5ccccc5c5ccc6c7ccccc7n(-c7nc(-c8ccccc8)nc(-c8ccc9c(c8)oc8ccccc89)n7)c6c54)cc3)cc2)cc1.c1ccc(-c2nc(-c3ccc(-c4cccc5oc6ccccc6c45)cc3)nc(-c3cccc(-n4c5ccccc5c5ccc6c7ccccc7n(-c7ccccc7)c6c54)c3)n2)cc1. The van der Waals surface area contributed by atoms with Crippen molar-refractivity contribution in [3.63, 3.8) is 0 Å². The van der Waals surface area contributed by atoms with E-state index in [1.807, 2.05) is 91.0 Å². The number of benzene rings is 18. The van der Waals surface area contributed by atoms with E-state index in [1.165, 1.54) is 49.1 Å². The van der Waals surface area contributed by atoms with Crippen LogP contribution in [0, 0.1) is 0 Å². The molecule has 18 aromatic carbocycles. The van der Waals surface area contributed by atoms with Gasteiger partial charge < -0.3 is 22.5 Å². The van der Waals surface area contributed by atoms with Crippen molar-refractivity contribution >= 4 is 131 Å².